The highest BCUT2D eigenvalue weighted by Crippen LogP contribution is 2.21. The summed E-state index contributed by atoms with van der Waals surface area (Å²) in [6, 6.07) is 2.08. The van der Waals surface area contributed by atoms with Gasteiger partial charge in [-0.3, -0.25) is 4.79 Å². The van der Waals surface area contributed by atoms with Gasteiger partial charge in [-0.05, 0) is 12.1 Å². The van der Waals surface area contributed by atoms with Crippen molar-refractivity contribution in [2.24, 2.45) is 5.73 Å². The molecular formula is C13H15BrF2N2O2S. The summed E-state index contributed by atoms with van der Waals surface area (Å²) in [6.07, 6.45) is 0.268. The van der Waals surface area contributed by atoms with Gasteiger partial charge in [-0.1, -0.05) is 28.1 Å². The van der Waals surface area contributed by atoms with Crippen LogP contribution in [0.5, 0.6) is 0 Å². The number of thiocarbonyl (C=S) groups is 1. The van der Waals surface area contributed by atoms with Gasteiger partial charge in [-0.15, -0.1) is 0 Å². The predicted octanol–water partition coefficient (Wildman–Crippen LogP) is 2.49. The van der Waals surface area contributed by atoms with E-state index in [1.54, 1.807) is 0 Å². The van der Waals surface area contributed by atoms with Crippen molar-refractivity contribution in [1.82, 2.24) is 4.90 Å². The van der Waals surface area contributed by atoms with Gasteiger partial charge in [0.2, 0.25) is 0 Å². The van der Waals surface area contributed by atoms with Crippen LogP contribution in [0.15, 0.2) is 16.6 Å². The van der Waals surface area contributed by atoms with Crippen LogP contribution in [-0.4, -0.2) is 42.6 Å². The van der Waals surface area contributed by atoms with Gasteiger partial charge in [-0.2, -0.15) is 0 Å². The summed E-state index contributed by atoms with van der Waals surface area (Å²) in [5, 5.41) is 0. The molecule has 8 heteroatoms. The van der Waals surface area contributed by atoms with E-state index in [0.29, 0.717) is 0 Å². The molecule has 0 aliphatic heterocycles. The fourth-order valence-electron chi connectivity index (χ4n) is 1.67. The van der Waals surface area contributed by atoms with Crippen LogP contribution >= 0.6 is 28.1 Å². The molecule has 0 spiro atoms. The molecule has 21 heavy (non-hydrogen) atoms. The third-order valence-corrected chi connectivity index (χ3v) is 3.36. The van der Waals surface area contributed by atoms with Gasteiger partial charge in [0.1, 0.15) is 17.2 Å². The van der Waals surface area contributed by atoms with Crippen LogP contribution in [0.1, 0.15) is 16.8 Å². The molecule has 0 unspecified atom stereocenters. The molecule has 4 nitrogen and oxygen atoms in total. The van der Waals surface area contributed by atoms with Crippen molar-refractivity contribution in [1.29, 1.82) is 0 Å². The standard InChI is InChI=1S/C13H15BrF2N2O2S/c1-20-5-4-18(3-2-11(17)21)13(19)12-9(15)6-8(14)7-10(12)16/h6-7H,2-5H2,1H3,(H2,17,21). The maximum Gasteiger partial charge on any atom is 0.259 e. The van der Waals surface area contributed by atoms with Crippen molar-refractivity contribution in [2.75, 3.05) is 26.8 Å². The topological polar surface area (TPSA) is 55.6 Å². The second-order valence-electron chi connectivity index (χ2n) is 4.25. The molecule has 0 radical (unpaired) electrons. The van der Waals surface area contributed by atoms with Crippen molar-refractivity contribution >= 4 is 39.0 Å². The lowest BCUT2D eigenvalue weighted by atomic mass is 10.1. The third-order valence-electron chi connectivity index (χ3n) is 2.70. The number of benzene rings is 1. The summed E-state index contributed by atoms with van der Waals surface area (Å²) < 4.78 is 32.8. The molecule has 1 amide bonds. The summed E-state index contributed by atoms with van der Waals surface area (Å²) >= 11 is 7.72. The molecule has 0 saturated heterocycles. The first-order chi connectivity index (χ1) is 9.86. The fraction of sp³-hybridized carbons (Fsp3) is 0.385. The molecule has 1 rings (SSSR count). The van der Waals surface area contributed by atoms with E-state index in [0.717, 1.165) is 12.1 Å². The molecule has 0 bridgehead atoms. The van der Waals surface area contributed by atoms with E-state index in [2.05, 4.69) is 15.9 Å². The highest BCUT2D eigenvalue weighted by molar-refractivity contribution is 9.10. The van der Waals surface area contributed by atoms with Gasteiger partial charge in [0.05, 0.1) is 11.6 Å². The quantitative estimate of drug-likeness (QED) is 0.738. The Morgan fingerprint density at radius 3 is 2.43 bits per heavy atom. The zero-order valence-electron chi connectivity index (χ0n) is 11.4. The van der Waals surface area contributed by atoms with Crippen molar-refractivity contribution < 1.29 is 18.3 Å². The monoisotopic (exact) mass is 380 g/mol. The second-order valence-corrected chi connectivity index (χ2v) is 5.69. The SMILES string of the molecule is COCCN(CCC(N)=S)C(=O)c1c(F)cc(Br)cc1F. The van der Waals surface area contributed by atoms with Gasteiger partial charge in [0.25, 0.3) is 5.91 Å². The van der Waals surface area contributed by atoms with Crippen molar-refractivity contribution in [3.05, 3.63) is 33.8 Å². The number of carbonyl (C=O) groups excluding carboxylic acids is 1. The minimum atomic E-state index is -0.926. The Morgan fingerprint density at radius 1 is 1.38 bits per heavy atom. The first kappa shape index (κ1) is 17.9. The summed E-state index contributed by atoms with van der Waals surface area (Å²) in [4.78, 5) is 13.8. The molecule has 0 fully saturated rings. The van der Waals surface area contributed by atoms with Crippen molar-refractivity contribution in [2.45, 2.75) is 6.42 Å². The molecule has 116 valence electrons. The van der Waals surface area contributed by atoms with Crippen LogP contribution in [0.3, 0.4) is 0 Å². The largest absolute Gasteiger partial charge is 0.393 e. The number of amides is 1. The van der Waals surface area contributed by atoms with Crippen molar-refractivity contribution in [3.63, 3.8) is 0 Å². The van der Waals surface area contributed by atoms with Gasteiger partial charge < -0.3 is 15.4 Å². The van der Waals surface area contributed by atoms with E-state index in [1.165, 1.54) is 12.0 Å². The first-order valence-corrected chi connectivity index (χ1v) is 7.28. The summed E-state index contributed by atoms with van der Waals surface area (Å²) in [7, 11) is 1.47. The van der Waals surface area contributed by atoms with Crippen LogP contribution in [0.4, 0.5) is 8.78 Å². The second kappa shape index (κ2) is 8.35. The number of halogens is 3. The highest BCUT2D eigenvalue weighted by atomic mass is 79.9. The highest BCUT2D eigenvalue weighted by Gasteiger charge is 2.23. The molecule has 0 aliphatic rings. The Balaban J connectivity index is 3.01. The Labute approximate surface area is 135 Å². The molecule has 2 N–H and O–H groups in total. The van der Waals surface area contributed by atoms with E-state index in [-0.39, 0.29) is 35.6 Å². The lowest BCUT2D eigenvalue weighted by Crippen LogP contribution is -2.37. The van der Waals surface area contributed by atoms with E-state index in [9.17, 15) is 13.6 Å². The van der Waals surface area contributed by atoms with E-state index in [1.807, 2.05) is 0 Å². The molecule has 0 heterocycles. The number of carbonyl (C=O) groups is 1. The summed E-state index contributed by atoms with van der Waals surface area (Å²) in [5.41, 5.74) is 4.80. The van der Waals surface area contributed by atoms with Gasteiger partial charge in [-0.25, -0.2) is 8.78 Å². The Hall–Kier alpha value is -1.12. The van der Waals surface area contributed by atoms with E-state index in [4.69, 9.17) is 22.7 Å². The number of nitrogens with zero attached hydrogens (tertiary/aromatic N) is 1. The third kappa shape index (κ3) is 5.29. The number of hydrogen-bond donors (Lipinski definition) is 1. The van der Waals surface area contributed by atoms with Gasteiger partial charge >= 0.3 is 0 Å². The Kier molecular flexibility index (Phi) is 7.13. The minimum absolute atomic E-state index is 0.173. The Bertz CT molecular complexity index is 520. The van der Waals surface area contributed by atoms with Crippen LogP contribution < -0.4 is 5.73 Å². The summed E-state index contributed by atoms with van der Waals surface area (Å²) in [5.74, 6) is -2.61. The molecule has 1 aromatic rings. The van der Waals surface area contributed by atoms with Crippen LogP contribution in [0.25, 0.3) is 0 Å². The predicted molar refractivity (Wildman–Crippen MR) is 83.2 cm³/mol. The zero-order chi connectivity index (χ0) is 16.0. The van der Waals surface area contributed by atoms with Crippen LogP contribution in [0.2, 0.25) is 0 Å². The lowest BCUT2D eigenvalue weighted by Gasteiger charge is -2.22. The zero-order valence-corrected chi connectivity index (χ0v) is 13.8. The molecular weight excluding hydrogens is 366 g/mol. The minimum Gasteiger partial charge on any atom is -0.393 e. The molecule has 1 aromatic carbocycles. The number of nitrogens with two attached hydrogens (primary N) is 1. The average molecular weight is 381 g/mol. The summed E-state index contributed by atoms with van der Waals surface area (Å²) in [6.45, 7) is 0.599. The normalized spacial score (nSPS) is 10.5. The molecule has 0 aromatic heterocycles. The van der Waals surface area contributed by atoms with Crippen LogP contribution in [-0.2, 0) is 4.74 Å². The maximum absolute atomic E-state index is 13.8. The molecule has 0 atom stereocenters. The number of methoxy groups -OCH3 is 1. The van der Waals surface area contributed by atoms with Gasteiger partial charge in [0.15, 0.2) is 0 Å². The number of hydrogen-bond acceptors (Lipinski definition) is 3. The molecule has 0 saturated carbocycles. The van der Waals surface area contributed by atoms with E-state index < -0.39 is 23.1 Å². The molecule has 0 aliphatic carbocycles. The number of ether oxygens (including phenoxy) is 1. The smallest absolute Gasteiger partial charge is 0.259 e. The Morgan fingerprint density at radius 2 is 1.95 bits per heavy atom. The maximum atomic E-state index is 13.8. The lowest BCUT2D eigenvalue weighted by molar-refractivity contribution is 0.0691. The average Bonchev–Trinajstić information content (AvgIpc) is 2.37. The number of rotatable bonds is 7. The van der Waals surface area contributed by atoms with Crippen molar-refractivity contribution in [3.8, 4) is 0 Å². The van der Waals surface area contributed by atoms with Crippen LogP contribution in [0, 0.1) is 11.6 Å². The van der Waals surface area contributed by atoms with Gasteiger partial charge in [0, 0.05) is 31.1 Å². The first-order valence-electron chi connectivity index (χ1n) is 6.08. The van der Waals surface area contributed by atoms with E-state index >= 15 is 0 Å². The fourth-order valence-corrected chi connectivity index (χ4v) is 2.16.